The first-order valence-electron chi connectivity index (χ1n) is 10.0. The first-order valence-corrected chi connectivity index (χ1v) is 10.4. The fraction of sp³-hybridized carbons (Fsp3) is 0.409. The van der Waals surface area contributed by atoms with E-state index in [2.05, 4.69) is 10.2 Å². The second-order valence-corrected chi connectivity index (χ2v) is 8.12. The normalized spacial score (nSPS) is 16.2. The van der Waals surface area contributed by atoms with Crippen molar-refractivity contribution in [1.82, 2.24) is 10.2 Å². The Kier molecular flexibility index (Phi) is 7.69. The molecule has 1 aliphatic heterocycles. The number of benzene rings is 2. The van der Waals surface area contributed by atoms with Gasteiger partial charge < -0.3 is 25.8 Å². The Labute approximate surface area is 184 Å². The highest BCUT2D eigenvalue weighted by Crippen LogP contribution is 2.29. The number of carbonyl (C=O) groups excluding carboxylic acids is 1. The summed E-state index contributed by atoms with van der Waals surface area (Å²) < 4.78 is 31.7. The molecule has 1 saturated heterocycles. The first kappa shape index (κ1) is 23.2. The van der Waals surface area contributed by atoms with Crippen LogP contribution in [0.1, 0.15) is 34.9 Å². The van der Waals surface area contributed by atoms with Gasteiger partial charge in [-0.1, -0.05) is 17.7 Å². The van der Waals surface area contributed by atoms with E-state index >= 15 is 0 Å². The number of halogens is 3. The maximum atomic E-state index is 13.4. The van der Waals surface area contributed by atoms with Crippen molar-refractivity contribution in [2.45, 2.75) is 18.9 Å². The molecule has 168 valence electrons. The lowest BCUT2D eigenvalue weighted by Crippen LogP contribution is -2.40. The number of hydrogen-bond acceptors (Lipinski definition) is 5. The van der Waals surface area contributed by atoms with Gasteiger partial charge in [0.25, 0.3) is 5.91 Å². The number of nitrogen functional groups attached to an aromatic ring is 1. The van der Waals surface area contributed by atoms with E-state index in [9.17, 15) is 18.7 Å². The van der Waals surface area contributed by atoms with Gasteiger partial charge in [-0.05, 0) is 55.6 Å². The molecular formula is C22H26ClF2N3O3. The van der Waals surface area contributed by atoms with Crippen molar-refractivity contribution in [3.63, 3.8) is 0 Å². The highest BCUT2D eigenvalue weighted by molar-refractivity contribution is 6.33. The lowest BCUT2D eigenvalue weighted by molar-refractivity contribution is 0.0849. The van der Waals surface area contributed by atoms with Gasteiger partial charge in [-0.2, -0.15) is 0 Å². The molecule has 0 saturated carbocycles. The Hall–Kier alpha value is -2.42. The number of anilines is 1. The summed E-state index contributed by atoms with van der Waals surface area (Å²) in [7, 11) is 1.46. The van der Waals surface area contributed by atoms with Crippen molar-refractivity contribution in [2.75, 3.05) is 39.0 Å². The van der Waals surface area contributed by atoms with Gasteiger partial charge in [-0.15, -0.1) is 0 Å². The van der Waals surface area contributed by atoms with Crippen LogP contribution in [0.5, 0.6) is 5.75 Å². The highest BCUT2D eigenvalue weighted by Gasteiger charge is 2.23. The molecule has 1 amide bonds. The fourth-order valence-corrected chi connectivity index (χ4v) is 3.85. The summed E-state index contributed by atoms with van der Waals surface area (Å²) in [5.41, 5.74) is 6.77. The number of nitrogens with two attached hydrogens (primary N) is 1. The molecule has 0 aliphatic carbocycles. The van der Waals surface area contributed by atoms with E-state index in [1.807, 2.05) is 0 Å². The molecule has 0 radical (unpaired) electrons. The molecular weight excluding hydrogens is 428 g/mol. The maximum absolute atomic E-state index is 13.4. The molecule has 9 heteroatoms. The van der Waals surface area contributed by atoms with Crippen LogP contribution in [0.15, 0.2) is 30.3 Å². The number of ether oxygens (including phenoxy) is 1. The average Bonchev–Trinajstić information content (AvgIpc) is 2.76. The topological polar surface area (TPSA) is 87.8 Å². The summed E-state index contributed by atoms with van der Waals surface area (Å²) in [6.07, 6.45) is 0.781. The van der Waals surface area contributed by atoms with Gasteiger partial charge in [0.05, 0.1) is 29.5 Å². The molecule has 0 aromatic heterocycles. The lowest BCUT2D eigenvalue weighted by atomic mass is 9.96. The molecule has 1 aliphatic rings. The molecule has 2 aromatic carbocycles. The monoisotopic (exact) mass is 453 g/mol. The largest absolute Gasteiger partial charge is 0.496 e. The number of carbonyl (C=O) groups is 1. The van der Waals surface area contributed by atoms with E-state index in [1.54, 1.807) is 0 Å². The van der Waals surface area contributed by atoms with Gasteiger partial charge in [0.1, 0.15) is 5.75 Å². The number of aliphatic hydroxyl groups is 1. The van der Waals surface area contributed by atoms with E-state index in [0.717, 1.165) is 38.1 Å². The molecule has 1 unspecified atom stereocenters. The van der Waals surface area contributed by atoms with Crippen LogP contribution in [0.3, 0.4) is 0 Å². The van der Waals surface area contributed by atoms with E-state index in [1.165, 1.54) is 25.3 Å². The van der Waals surface area contributed by atoms with E-state index < -0.39 is 17.7 Å². The summed E-state index contributed by atoms with van der Waals surface area (Å²) in [5, 5.41) is 13.5. The quantitative estimate of drug-likeness (QED) is 0.559. The zero-order chi connectivity index (χ0) is 22.5. The molecule has 4 N–H and O–H groups in total. The van der Waals surface area contributed by atoms with Gasteiger partial charge in [-0.25, -0.2) is 8.78 Å². The highest BCUT2D eigenvalue weighted by atomic mass is 35.5. The third-order valence-electron chi connectivity index (χ3n) is 5.58. The zero-order valence-electron chi connectivity index (χ0n) is 17.2. The number of piperidine rings is 1. The van der Waals surface area contributed by atoms with Gasteiger partial charge in [0.15, 0.2) is 11.6 Å². The van der Waals surface area contributed by atoms with Crippen LogP contribution in [0.25, 0.3) is 0 Å². The number of likely N-dealkylation sites (tertiary alicyclic amines) is 1. The predicted molar refractivity (Wildman–Crippen MR) is 115 cm³/mol. The van der Waals surface area contributed by atoms with E-state index in [-0.39, 0.29) is 11.8 Å². The van der Waals surface area contributed by atoms with Gasteiger partial charge in [0.2, 0.25) is 0 Å². The Bertz CT molecular complexity index is 936. The van der Waals surface area contributed by atoms with Crippen molar-refractivity contribution >= 4 is 23.2 Å². The van der Waals surface area contributed by atoms with Gasteiger partial charge >= 0.3 is 0 Å². The summed E-state index contributed by atoms with van der Waals surface area (Å²) >= 11 is 6.03. The third kappa shape index (κ3) is 5.84. The van der Waals surface area contributed by atoms with Crippen molar-refractivity contribution in [3.8, 4) is 5.75 Å². The van der Waals surface area contributed by atoms with Crippen LogP contribution in [0.4, 0.5) is 14.5 Å². The molecule has 0 spiro atoms. The number of nitrogens with zero attached hydrogens (tertiary/aromatic N) is 1. The molecule has 1 heterocycles. The van der Waals surface area contributed by atoms with Crippen molar-refractivity contribution in [1.29, 1.82) is 0 Å². The summed E-state index contributed by atoms with van der Waals surface area (Å²) in [5.74, 6) is -1.53. The fourth-order valence-electron chi connectivity index (χ4n) is 3.69. The van der Waals surface area contributed by atoms with Crippen LogP contribution in [-0.2, 0) is 0 Å². The Morgan fingerprint density at radius 3 is 2.65 bits per heavy atom. The van der Waals surface area contributed by atoms with Crippen LogP contribution < -0.4 is 15.8 Å². The molecule has 0 bridgehead atoms. The number of methoxy groups -OCH3 is 1. The van der Waals surface area contributed by atoms with E-state index in [0.29, 0.717) is 40.7 Å². The minimum atomic E-state index is -0.968. The lowest BCUT2D eigenvalue weighted by Gasteiger charge is -2.33. The smallest absolute Gasteiger partial charge is 0.255 e. The Morgan fingerprint density at radius 2 is 2.00 bits per heavy atom. The van der Waals surface area contributed by atoms with Crippen LogP contribution in [0, 0.1) is 17.6 Å². The van der Waals surface area contributed by atoms with Crippen LogP contribution in [0.2, 0.25) is 5.02 Å². The minimum Gasteiger partial charge on any atom is -0.496 e. The predicted octanol–water partition coefficient (Wildman–Crippen LogP) is 3.38. The average molecular weight is 454 g/mol. The number of nitrogens with one attached hydrogen (secondary N) is 1. The standard InChI is InChI=1S/C22H26ClF2N3O3/c1-31-21-10-19(26)16(23)9-15(21)22(30)27-11-13-4-6-28(7-5-13)12-20(29)14-2-3-17(24)18(25)8-14/h2-3,8-10,13,20,29H,4-7,11-12,26H2,1H3,(H,27,30). The number of rotatable bonds is 7. The summed E-state index contributed by atoms with van der Waals surface area (Å²) in [6, 6.07) is 6.45. The molecule has 1 fully saturated rings. The Morgan fingerprint density at radius 1 is 1.29 bits per heavy atom. The molecule has 3 rings (SSSR count). The number of β-amino-alcohol motifs (C(OH)–C–C–N with tert-alkyl or cyclic N) is 1. The van der Waals surface area contributed by atoms with Crippen molar-refractivity contribution in [3.05, 3.63) is 58.1 Å². The number of aliphatic hydroxyl groups excluding tert-OH is 1. The SMILES string of the molecule is COc1cc(N)c(Cl)cc1C(=O)NCC1CCN(CC(O)c2ccc(F)c(F)c2)CC1. The minimum absolute atomic E-state index is 0.282. The molecule has 6 nitrogen and oxygen atoms in total. The van der Waals surface area contributed by atoms with Crippen molar-refractivity contribution < 1.29 is 23.4 Å². The maximum Gasteiger partial charge on any atom is 0.255 e. The summed E-state index contributed by atoms with van der Waals surface area (Å²) in [6.45, 7) is 2.31. The molecule has 1 atom stereocenters. The Balaban J connectivity index is 1.47. The second-order valence-electron chi connectivity index (χ2n) is 7.72. The second kappa shape index (κ2) is 10.3. The first-order chi connectivity index (χ1) is 14.8. The molecule has 2 aromatic rings. The van der Waals surface area contributed by atoms with Crippen LogP contribution >= 0.6 is 11.6 Å². The molecule has 31 heavy (non-hydrogen) atoms. The number of amides is 1. The van der Waals surface area contributed by atoms with E-state index in [4.69, 9.17) is 22.1 Å². The summed E-state index contributed by atoms with van der Waals surface area (Å²) in [4.78, 5) is 14.6. The number of hydrogen-bond donors (Lipinski definition) is 3. The van der Waals surface area contributed by atoms with Gasteiger partial charge in [-0.3, -0.25) is 4.79 Å². The third-order valence-corrected chi connectivity index (χ3v) is 5.91. The van der Waals surface area contributed by atoms with Gasteiger partial charge in [0, 0.05) is 19.2 Å². The zero-order valence-corrected chi connectivity index (χ0v) is 18.0. The van der Waals surface area contributed by atoms with Crippen LogP contribution in [-0.4, -0.2) is 49.2 Å². The van der Waals surface area contributed by atoms with Crippen molar-refractivity contribution in [2.24, 2.45) is 5.92 Å².